The van der Waals surface area contributed by atoms with Crippen LogP contribution in [0.2, 0.25) is 0 Å². The van der Waals surface area contributed by atoms with Gasteiger partial charge in [0.2, 0.25) is 0 Å². The zero-order valence-electron chi connectivity index (χ0n) is 12.4. The molecule has 20 heavy (non-hydrogen) atoms. The number of aliphatic hydroxyl groups excluding tert-OH is 1. The van der Waals surface area contributed by atoms with Crippen LogP contribution in [0.25, 0.3) is 0 Å². The van der Waals surface area contributed by atoms with Crippen LogP contribution < -0.4 is 4.90 Å². The Labute approximate surface area is 120 Å². The van der Waals surface area contributed by atoms with Crippen molar-refractivity contribution >= 4 is 11.4 Å². The van der Waals surface area contributed by atoms with Gasteiger partial charge >= 0.3 is 0 Å². The number of rotatable bonds is 5. The van der Waals surface area contributed by atoms with Crippen molar-refractivity contribution < 1.29 is 5.11 Å². The van der Waals surface area contributed by atoms with Gasteiger partial charge in [0.05, 0.1) is 23.7 Å². The zero-order chi connectivity index (χ0) is 14.5. The van der Waals surface area contributed by atoms with Crippen molar-refractivity contribution in [3.63, 3.8) is 0 Å². The molecule has 106 valence electrons. The topological polar surface area (TPSA) is 36.4 Å². The Balaban J connectivity index is 2.28. The van der Waals surface area contributed by atoms with E-state index >= 15 is 0 Å². The molecule has 0 amide bonds. The fourth-order valence-electron chi connectivity index (χ4n) is 2.27. The fourth-order valence-corrected chi connectivity index (χ4v) is 2.27. The quantitative estimate of drug-likeness (QED) is 0.892. The molecule has 1 atom stereocenters. The lowest BCUT2D eigenvalue weighted by atomic mass is 10.1. The maximum atomic E-state index is 9.79. The third kappa shape index (κ3) is 3.17. The average molecular weight is 270 g/mol. The molecule has 3 heteroatoms. The van der Waals surface area contributed by atoms with Crippen LogP contribution in [-0.4, -0.2) is 16.6 Å². The van der Waals surface area contributed by atoms with E-state index in [2.05, 4.69) is 48.0 Å². The standard InChI is InChI=1S/C17H22N2O/c1-4-17(20)16-10-9-15(12-18-16)19(5-2)14-8-6-7-13(3)11-14/h6-12,17,20H,4-5H2,1-3H3/t17-/m1/s1. The minimum atomic E-state index is -0.474. The van der Waals surface area contributed by atoms with Gasteiger partial charge in [-0.25, -0.2) is 0 Å². The first kappa shape index (κ1) is 14.5. The number of aromatic nitrogens is 1. The van der Waals surface area contributed by atoms with Crippen molar-refractivity contribution in [2.45, 2.75) is 33.3 Å². The van der Waals surface area contributed by atoms with Crippen molar-refractivity contribution in [1.82, 2.24) is 4.98 Å². The Bertz CT molecular complexity index is 551. The minimum Gasteiger partial charge on any atom is -0.387 e. The first-order chi connectivity index (χ1) is 9.65. The molecular formula is C17H22N2O. The largest absolute Gasteiger partial charge is 0.387 e. The van der Waals surface area contributed by atoms with Gasteiger partial charge in [0.15, 0.2) is 0 Å². The molecular weight excluding hydrogens is 248 g/mol. The molecule has 1 aromatic heterocycles. The number of pyridine rings is 1. The van der Waals surface area contributed by atoms with Gasteiger partial charge in [-0.15, -0.1) is 0 Å². The first-order valence-corrected chi connectivity index (χ1v) is 7.14. The monoisotopic (exact) mass is 270 g/mol. The number of anilines is 2. The maximum Gasteiger partial charge on any atom is 0.0957 e. The summed E-state index contributed by atoms with van der Waals surface area (Å²) in [6.07, 6.45) is 2.04. The van der Waals surface area contributed by atoms with Crippen molar-refractivity contribution in [1.29, 1.82) is 0 Å². The minimum absolute atomic E-state index is 0.474. The van der Waals surface area contributed by atoms with Gasteiger partial charge in [-0.1, -0.05) is 19.1 Å². The molecule has 0 aliphatic rings. The van der Waals surface area contributed by atoms with Crippen molar-refractivity contribution in [2.75, 3.05) is 11.4 Å². The second-order valence-corrected chi connectivity index (χ2v) is 4.95. The normalized spacial score (nSPS) is 12.2. The molecule has 0 aliphatic carbocycles. The summed E-state index contributed by atoms with van der Waals surface area (Å²) in [4.78, 5) is 6.58. The highest BCUT2D eigenvalue weighted by molar-refractivity contribution is 5.63. The van der Waals surface area contributed by atoms with Crippen LogP contribution in [0.15, 0.2) is 42.6 Å². The third-order valence-corrected chi connectivity index (χ3v) is 3.44. The molecule has 3 nitrogen and oxygen atoms in total. The van der Waals surface area contributed by atoms with Crippen LogP contribution in [0.1, 0.15) is 37.6 Å². The highest BCUT2D eigenvalue weighted by Crippen LogP contribution is 2.26. The molecule has 1 aromatic carbocycles. The van der Waals surface area contributed by atoms with Crippen LogP contribution in [0.3, 0.4) is 0 Å². The molecule has 0 saturated heterocycles. The highest BCUT2D eigenvalue weighted by atomic mass is 16.3. The van der Waals surface area contributed by atoms with Gasteiger partial charge in [0.25, 0.3) is 0 Å². The molecule has 0 bridgehead atoms. The van der Waals surface area contributed by atoms with E-state index in [0.29, 0.717) is 6.42 Å². The number of nitrogens with zero attached hydrogens (tertiary/aromatic N) is 2. The molecule has 0 saturated carbocycles. The van der Waals surface area contributed by atoms with Crippen LogP contribution >= 0.6 is 0 Å². The molecule has 1 heterocycles. The average Bonchev–Trinajstić information content (AvgIpc) is 2.48. The van der Waals surface area contributed by atoms with E-state index in [1.54, 1.807) is 0 Å². The van der Waals surface area contributed by atoms with Crippen molar-refractivity contribution in [2.24, 2.45) is 0 Å². The Morgan fingerprint density at radius 2 is 1.95 bits per heavy atom. The second-order valence-electron chi connectivity index (χ2n) is 4.95. The van der Waals surface area contributed by atoms with Crippen molar-refractivity contribution in [3.05, 3.63) is 53.9 Å². The van der Waals surface area contributed by atoms with Gasteiger partial charge < -0.3 is 10.0 Å². The summed E-state index contributed by atoms with van der Waals surface area (Å²) in [5.74, 6) is 0. The van der Waals surface area contributed by atoms with Gasteiger partial charge in [-0.05, 0) is 50.1 Å². The Morgan fingerprint density at radius 1 is 1.15 bits per heavy atom. The maximum absolute atomic E-state index is 9.79. The second kappa shape index (κ2) is 6.53. The molecule has 0 aliphatic heterocycles. The number of hydrogen-bond donors (Lipinski definition) is 1. The lowest BCUT2D eigenvalue weighted by Crippen LogP contribution is -2.16. The molecule has 2 aromatic rings. The van der Waals surface area contributed by atoms with Gasteiger partial charge in [0, 0.05) is 12.2 Å². The Kier molecular flexibility index (Phi) is 4.74. The molecule has 0 fully saturated rings. The number of aliphatic hydroxyl groups is 1. The first-order valence-electron chi connectivity index (χ1n) is 7.14. The van der Waals surface area contributed by atoms with Crippen LogP contribution in [0.5, 0.6) is 0 Å². The van der Waals surface area contributed by atoms with Gasteiger partial charge in [0.1, 0.15) is 0 Å². The van der Waals surface area contributed by atoms with Crippen LogP contribution in [0.4, 0.5) is 11.4 Å². The Morgan fingerprint density at radius 3 is 2.50 bits per heavy atom. The van der Waals surface area contributed by atoms with Crippen molar-refractivity contribution in [3.8, 4) is 0 Å². The number of benzene rings is 1. The third-order valence-electron chi connectivity index (χ3n) is 3.44. The number of aryl methyl sites for hydroxylation is 1. The van der Waals surface area contributed by atoms with E-state index in [0.717, 1.165) is 23.6 Å². The molecule has 2 rings (SSSR count). The summed E-state index contributed by atoms with van der Waals surface area (Å²) >= 11 is 0. The van der Waals surface area contributed by atoms with E-state index in [4.69, 9.17) is 0 Å². The van der Waals surface area contributed by atoms with Crippen LogP contribution in [-0.2, 0) is 0 Å². The number of hydrogen-bond acceptors (Lipinski definition) is 3. The summed E-state index contributed by atoms with van der Waals surface area (Å²) in [6, 6.07) is 12.4. The van der Waals surface area contributed by atoms with Gasteiger partial charge in [-0.3, -0.25) is 4.98 Å². The van der Waals surface area contributed by atoms with Gasteiger partial charge in [-0.2, -0.15) is 0 Å². The zero-order valence-corrected chi connectivity index (χ0v) is 12.4. The smallest absolute Gasteiger partial charge is 0.0957 e. The van der Waals surface area contributed by atoms with E-state index < -0.39 is 6.10 Å². The lowest BCUT2D eigenvalue weighted by Gasteiger charge is -2.23. The van der Waals surface area contributed by atoms with E-state index in [1.807, 2.05) is 25.3 Å². The molecule has 0 radical (unpaired) electrons. The van der Waals surface area contributed by atoms with E-state index in [9.17, 15) is 5.11 Å². The summed E-state index contributed by atoms with van der Waals surface area (Å²) in [6.45, 7) is 7.04. The SMILES string of the molecule is CC[C@@H](O)c1ccc(N(CC)c2cccc(C)c2)cn1. The predicted octanol–water partition coefficient (Wildman–Crippen LogP) is 3.99. The summed E-state index contributed by atoms with van der Waals surface area (Å²) in [7, 11) is 0. The summed E-state index contributed by atoms with van der Waals surface area (Å²) in [5.41, 5.74) is 4.19. The molecule has 0 unspecified atom stereocenters. The molecule has 1 N–H and O–H groups in total. The summed E-state index contributed by atoms with van der Waals surface area (Å²) in [5, 5.41) is 9.79. The van der Waals surface area contributed by atoms with E-state index in [1.165, 1.54) is 5.56 Å². The van der Waals surface area contributed by atoms with Crippen LogP contribution in [0, 0.1) is 6.92 Å². The molecule has 0 spiro atoms. The lowest BCUT2D eigenvalue weighted by molar-refractivity contribution is 0.169. The highest BCUT2D eigenvalue weighted by Gasteiger charge is 2.10. The Hall–Kier alpha value is -1.87. The van der Waals surface area contributed by atoms with E-state index in [-0.39, 0.29) is 0 Å². The predicted molar refractivity (Wildman–Crippen MR) is 83.3 cm³/mol. The fraction of sp³-hybridized carbons (Fsp3) is 0.353. The summed E-state index contributed by atoms with van der Waals surface area (Å²) < 4.78 is 0.